The van der Waals surface area contributed by atoms with E-state index in [1.165, 1.54) is 103 Å². The van der Waals surface area contributed by atoms with E-state index in [0.29, 0.717) is 57.6 Å². The van der Waals surface area contributed by atoms with Crippen molar-refractivity contribution < 1.29 is 83.3 Å². The summed E-state index contributed by atoms with van der Waals surface area (Å²) < 4.78 is 118. The summed E-state index contributed by atoms with van der Waals surface area (Å²) in [6.07, 6.45) is 4.89. The number of halogens is 15. The first-order valence-corrected chi connectivity index (χ1v) is 43.4. The maximum absolute atomic E-state index is 13.2. The third-order valence-electron chi connectivity index (χ3n) is 19.1. The van der Waals surface area contributed by atoms with E-state index in [2.05, 4.69) is 118 Å². The van der Waals surface area contributed by atoms with E-state index in [1.54, 1.807) is 93.6 Å². The Bertz CT molecular complexity index is 6190. The number of aliphatic hydroxyl groups excluding tert-OH is 1. The highest BCUT2D eigenvalue weighted by atomic mass is 127. The lowest BCUT2D eigenvalue weighted by Gasteiger charge is -2.16. The van der Waals surface area contributed by atoms with Crippen molar-refractivity contribution in [1.29, 1.82) is 0 Å². The molecule has 14 aromatic rings. The van der Waals surface area contributed by atoms with Gasteiger partial charge in [-0.2, -0.15) is 0 Å². The summed E-state index contributed by atoms with van der Waals surface area (Å²) >= 11 is 22.5. The van der Waals surface area contributed by atoms with Crippen LogP contribution in [0.3, 0.4) is 0 Å². The molecular weight excluding hydrogens is 2060 g/mol. The average molecular weight is 2130 g/mol. The van der Waals surface area contributed by atoms with Crippen molar-refractivity contribution in [3.8, 4) is 0 Å². The molecule has 2 aliphatic carbocycles. The van der Waals surface area contributed by atoms with Gasteiger partial charge in [-0.15, -0.1) is 0 Å². The first-order valence-electron chi connectivity index (χ1n) is 36.8. The summed E-state index contributed by atoms with van der Waals surface area (Å²) in [5.41, 5.74) is 9.99. The molecule has 0 unspecified atom stereocenters. The first kappa shape index (κ1) is 94.5. The van der Waals surface area contributed by atoms with Crippen LogP contribution in [0.1, 0.15) is 108 Å². The van der Waals surface area contributed by atoms with Crippen LogP contribution in [-0.2, 0) is 64.3 Å². The fourth-order valence-electron chi connectivity index (χ4n) is 13.1. The number of rotatable bonds is 11. The number of alkyl halides is 2. The quantitative estimate of drug-likeness (QED) is 0.0251. The Labute approximate surface area is 750 Å². The van der Waals surface area contributed by atoms with Gasteiger partial charge in [-0.25, -0.2) is 44.7 Å². The molecule has 0 heterocycles. The molecule has 0 saturated heterocycles. The molecule has 0 bridgehead atoms. The van der Waals surface area contributed by atoms with E-state index in [1.807, 2.05) is 55.5 Å². The molecule has 0 atom stereocenters. The second-order valence-electron chi connectivity index (χ2n) is 26.7. The standard InChI is InChI=1S/C15H12BrFO3.C15H13FO3.C11H7BrFI.2C11H8BrFO.C11H6BrFO.C11H8BrF.C10H9FO/c1-2-20-15(19)14(18)12-5-3-9-7-10(17)4-6-11(9)13(12)8-16;1-3-19-15(18)14(17)13-6-4-10-8-11(16)5-7-12(10)9(13)2;4*12-11-4-1-7-5-8(13)2-3-9(7)10(11)6-14;1-7-10-4-3-9(13)6-8(10)2-5-11(7)12;11-9-3-1-8-6-10(12)4-2-7(8)5-9/h3-7H,2,8H2,1H3;4-8H,3H2,1-2H3;1-5H,6H2;2-3,5-6H,1,4H2;1-5,14H,6H2;1-6H;2-6H,1H3;1,3,5H,2,4,6H2. The lowest BCUT2D eigenvalue weighted by atomic mass is 9.91. The second-order valence-corrected chi connectivity index (χ2v) is 32.4. The van der Waals surface area contributed by atoms with Crippen molar-refractivity contribution in [2.45, 2.75) is 76.2 Å². The number of aryl methyl sites for hydroxylation is 4. The summed E-state index contributed by atoms with van der Waals surface area (Å²) in [7, 11) is 0. The fraction of sp³-hybridized carbons (Fsp3) is 0.147. The minimum absolute atomic E-state index is 0.0520. The molecule has 0 amide bonds. The zero-order valence-corrected chi connectivity index (χ0v) is 76.0. The number of hydrogen-bond acceptors (Lipinski definition) is 10. The van der Waals surface area contributed by atoms with E-state index < -0.39 is 23.5 Å². The van der Waals surface area contributed by atoms with Crippen molar-refractivity contribution in [3.05, 3.63) is 354 Å². The summed E-state index contributed by atoms with van der Waals surface area (Å²) in [5, 5.41) is 19.7. The van der Waals surface area contributed by atoms with E-state index in [0.717, 1.165) is 139 Å². The third-order valence-corrected chi connectivity index (χ3v) is 24.3. The van der Waals surface area contributed by atoms with Gasteiger partial charge in [0, 0.05) is 67.2 Å². The number of aliphatic hydroxyl groups is 1. The van der Waals surface area contributed by atoms with Crippen LogP contribution >= 0.6 is 118 Å². The molecule has 616 valence electrons. The molecule has 0 spiro atoms. The summed E-state index contributed by atoms with van der Waals surface area (Å²) in [6, 6.07) is 57.7. The molecule has 16 rings (SSSR count). The maximum Gasteiger partial charge on any atom is 0.379 e. The Morgan fingerprint density at radius 2 is 0.775 bits per heavy atom. The molecule has 120 heavy (non-hydrogen) atoms. The molecule has 25 heteroatoms. The smallest absolute Gasteiger partial charge is 0.379 e. The second kappa shape index (κ2) is 45.0. The topological polar surface area (TPSA) is 158 Å². The molecule has 2 aliphatic rings. The Morgan fingerprint density at radius 3 is 1.25 bits per heavy atom. The molecule has 0 radical (unpaired) electrons. The number of allylic oxidation sites excluding steroid dienone is 2. The van der Waals surface area contributed by atoms with Gasteiger partial charge < -0.3 is 14.6 Å². The number of aldehydes is 2. The van der Waals surface area contributed by atoms with Crippen molar-refractivity contribution in [1.82, 2.24) is 0 Å². The number of esters is 2. The largest absolute Gasteiger partial charge is 0.460 e. The number of ether oxygens (including phenoxy) is 2. The normalized spacial score (nSPS) is 11.7. The molecule has 0 saturated carbocycles. The number of fused-ring (bicyclic) bond motifs is 8. The van der Waals surface area contributed by atoms with Crippen LogP contribution < -0.4 is 0 Å². The van der Waals surface area contributed by atoms with Crippen molar-refractivity contribution in [3.63, 3.8) is 0 Å². The van der Waals surface area contributed by atoms with Gasteiger partial charge >= 0.3 is 11.9 Å². The number of ketones is 3. The van der Waals surface area contributed by atoms with Gasteiger partial charge in [0.25, 0.3) is 11.6 Å². The molecule has 10 nitrogen and oxygen atoms in total. The van der Waals surface area contributed by atoms with Crippen molar-refractivity contribution in [2.24, 2.45) is 0 Å². The lowest BCUT2D eigenvalue weighted by molar-refractivity contribution is -0.138. The van der Waals surface area contributed by atoms with Gasteiger partial charge in [0.2, 0.25) is 0 Å². The predicted octanol–water partition coefficient (Wildman–Crippen LogP) is 27.1. The minimum Gasteiger partial charge on any atom is -0.460 e. The Hall–Kier alpha value is -9.32. The summed E-state index contributed by atoms with van der Waals surface area (Å²) in [4.78, 5) is 79.6. The summed E-state index contributed by atoms with van der Waals surface area (Å²) in [6.45, 7) is 7.27. The van der Waals surface area contributed by atoms with E-state index in [-0.39, 0.29) is 83.3 Å². The zero-order valence-electron chi connectivity index (χ0n) is 64.3. The lowest BCUT2D eigenvalue weighted by Crippen LogP contribution is -2.19. The zero-order chi connectivity index (χ0) is 87.2. The molecule has 0 aliphatic heterocycles. The highest BCUT2D eigenvalue weighted by molar-refractivity contribution is 14.1. The Balaban J connectivity index is 0.000000157. The number of Topliss-reactive ketones (excluding diaryl/α,β-unsaturated/α-hetero) is 3. The number of carbonyl (C=O) groups excluding carboxylic acids is 7. The highest BCUT2D eigenvalue weighted by Crippen LogP contribution is 2.36. The van der Waals surface area contributed by atoms with Gasteiger partial charge in [-0.1, -0.05) is 203 Å². The SMILES string of the molecule is CCOC(=O)C(=O)c1ccc2cc(F)ccc2c1C.CCOC(=O)C(=O)c1ccc2cc(F)ccc2c1CBr.Cc1c(Br)ccc2cc(F)ccc12.Fc1ccc2c(CI)c(Br)ccc2c1.O=C1CCc2cc(F)ccc2C1.O=CC1=C(Br)CCc2cc(F)ccc21.O=Cc1c(Br)ccc2cc(F)ccc12.OCc1c(Br)ccc2cc(F)ccc12. The number of carbonyl (C=O) groups is 7. The van der Waals surface area contributed by atoms with Crippen LogP contribution in [-0.4, -0.2) is 60.2 Å². The van der Waals surface area contributed by atoms with Crippen LogP contribution in [0.15, 0.2) is 241 Å². The Morgan fingerprint density at radius 1 is 0.400 bits per heavy atom. The van der Waals surface area contributed by atoms with Crippen LogP contribution in [0, 0.1) is 60.4 Å². The molecule has 1 N–H and O–H groups in total. The van der Waals surface area contributed by atoms with E-state index >= 15 is 0 Å². The van der Waals surface area contributed by atoms with Gasteiger partial charge in [0.05, 0.1) is 19.8 Å². The van der Waals surface area contributed by atoms with Gasteiger partial charge in [0.1, 0.15) is 52.3 Å². The highest BCUT2D eigenvalue weighted by Gasteiger charge is 2.24. The monoisotopic (exact) mass is 2120 g/mol. The summed E-state index contributed by atoms with van der Waals surface area (Å²) in [5.74, 6) is -4.90. The van der Waals surface area contributed by atoms with Crippen LogP contribution in [0.2, 0.25) is 0 Å². The Kier molecular flexibility index (Phi) is 35.4. The molecule has 0 aromatic heterocycles. The van der Waals surface area contributed by atoms with Gasteiger partial charge in [0.15, 0.2) is 12.6 Å². The third kappa shape index (κ3) is 24.5. The van der Waals surface area contributed by atoms with Crippen LogP contribution in [0.25, 0.3) is 70.2 Å². The van der Waals surface area contributed by atoms with Gasteiger partial charge in [-0.3, -0.25) is 24.0 Å². The number of hydrogen-bond donors (Lipinski definition) is 1. The van der Waals surface area contributed by atoms with Crippen molar-refractivity contribution >= 4 is 230 Å². The molecular formula is C95H71Br6F8IO10. The van der Waals surface area contributed by atoms with Crippen LogP contribution in [0.4, 0.5) is 35.1 Å². The number of benzene rings is 14. The fourth-order valence-corrected chi connectivity index (χ4v) is 17.3. The van der Waals surface area contributed by atoms with Crippen molar-refractivity contribution in [2.75, 3.05) is 13.2 Å². The molecule has 14 aromatic carbocycles. The first-order chi connectivity index (χ1) is 57.4. The van der Waals surface area contributed by atoms with E-state index in [9.17, 15) is 68.7 Å². The molecule has 0 fully saturated rings. The van der Waals surface area contributed by atoms with Gasteiger partial charge in [-0.05, 0) is 295 Å². The minimum atomic E-state index is -0.879. The van der Waals surface area contributed by atoms with E-state index in [4.69, 9.17) is 14.6 Å². The average Bonchev–Trinajstić information content (AvgIpc) is 0.783. The maximum atomic E-state index is 13.2. The van der Waals surface area contributed by atoms with Crippen LogP contribution in [0.5, 0.6) is 0 Å². The predicted molar refractivity (Wildman–Crippen MR) is 487 cm³/mol.